The summed E-state index contributed by atoms with van der Waals surface area (Å²) in [7, 11) is 0. The molecule has 1 fully saturated rings. The minimum Gasteiger partial charge on any atom is -0.482 e. The van der Waals surface area contributed by atoms with E-state index in [4.69, 9.17) is 14.2 Å². The second kappa shape index (κ2) is 8.84. The van der Waals surface area contributed by atoms with Crippen LogP contribution in [-0.4, -0.2) is 48.1 Å². The second-order valence-corrected chi connectivity index (χ2v) is 7.26. The average Bonchev–Trinajstić information content (AvgIpc) is 2.58. The molecular weight excluding hydrogens is 340 g/mol. The van der Waals surface area contributed by atoms with Gasteiger partial charge >= 0.3 is 11.7 Å². The van der Waals surface area contributed by atoms with Gasteiger partial charge in [-0.2, -0.15) is 0 Å². The standard InChI is InChI=1S/C18H27N2O6/c1-18(2,3)26-17(21)12-25-14-4-5-15(16(10-14)20(22)23)19-11-13-6-8-24-9-7-13/h4-5,10,13,19H,6-9,11-12H2,1-3H3,(H,22,23)/q+1. The van der Waals surface area contributed by atoms with Crippen LogP contribution in [0.3, 0.4) is 0 Å². The summed E-state index contributed by atoms with van der Waals surface area (Å²) in [6, 6.07) is 4.65. The summed E-state index contributed by atoms with van der Waals surface area (Å²) in [4.78, 5) is 22.9. The van der Waals surface area contributed by atoms with E-state index in [-0.39, 0.29) is 23.0 Å². The molecule has 8 nitrogen and oxygen atoms in total. The van der Waals surface area contributed by atoms with Gasteiger partial charge in [-0.05, 0) is 51.7 Å². The third-order valence-electron chi connectivity index (χ3n) is 3.87. The van der Waals surface area contributed by atoms with Crippen LogP contribution in [0.15, 0.2) is 18.2 Å². The van der Waals surface area contributed by atoms with Crippen LogP contribution in [0, 0.1) is 10.8 Å². The molecule has 0 radical (unpaired) electrons. The maximum absolute atomic E-state index is 11.7. The Morgan fingerprint density at radius 3 is 2.65 bits per heavy atom. The Hall–Kier alpha value is -2.35. The number of nitrogens with one attached hydrogen (secondary N) is 1. The van der Waals surface area contributed by atoms with Crippen LogP contribution >= 0.6 is 0 Å². The van der Waals surface area contributed by atoms with E-state index in [0.29, 0.717) is 18.2 Å². The fraction of sp³-hybridized carbons (Fsp3) is 0.611. The number of esters is 1. The van der Waals surface area contributed by atoms with Gasteiger partial charge in [0.15, 0.2) is 6.61 Å². The van der Waals surface area contributed by atoms with Crippen molar-refractivity contribution in [3.63, 3.8) is 0 Å². The number of carbonyl (C=O) groups is 1. The van der Waals surface area contributed by atoms with Crippen LogP contribution in [0.25, 0.3) is 0 Å². The molecule has 0 unspecified atom stereocenters. The molecule has 0 saturated carbocycles. The topological polar surface area (TPSA) is 97.1 Å². The molecule has 144 valence electrons. The predicted octanol–water partition coefficient (Wildman–Crippen LogP) is 3.05. The molecule has 0 aromatic heterocycles. The summed E-state index contributed by atoms with van der Waals surface area (Å²) in [6.07, 6.45) is 1.92. The van der Waals surface area contributed by atoms with Crippen molar-refractivity contribution in [1.82, 2.24) is 0 Å². The number of carbonyl (C=O) groups excluding carboxylic acids is 1. The van der Waals surface area contributed by atoms with E-state index in [9.17, 15) is 14.9 Å². The van der Waals surface area contributed by atoms with Gasteiger partial charge in [0, 0.05) is 19.8 Å². The number of nitrogens with zero attached hydrogens (tertiary/aromatic N) is 1. The molecule has 1 saturated heterocycles. The van der Waals surface area contributed by atoms with Gasteiger partial charge in [0.2, 0.25) is 0 Å². The molecule has 0 amide bonds. The van der Waals surface area contributed by atoms with Crippen LogP contribution in [0.4, 0.5) is 11.4 Å². The highest BCUT2D eigenvalue weighted by atomic mass is 16.6. The largest absolute Gasteiger partial charge is 0.482 e. The van der Waals surface area contributed by atoms with E-state index in [1.54, 1.807) is 32.9 Å². The zero-order chi connectivity index (χ0) is 19.2. The van der Waals surface area contributed by atoms with Gasteiger partial charge in [0.1, 0.15) is 17.0 Å². The molecule has 0 bridgehead atoms. The lowest BCUT2D eigenvalue weighted by Gasteiger charge is -2.22. The van der Waals surface area contributed by atoms with Crippen molar-refractivity contribution >= 4 is 17.3 Å². The van der Waals surface area contributed by atoms with Gasteiger partial charge < -0.3 is 19.5 Å². The van der Waals surface area contributed by atoms with Gasteiger partial charge in [0.25, 0.3) is 4.92 Å². The maximum Gasteiger partial charge on any atom is 0.344 e. The zero-order valence-electron chi connectivity index (χ0n) is 15.5. The summed E-state index contributed by atoms with van der Waals surface area (Å²) in [5.41, 5.74) is -0.0714. The van der Waals surface area contributed by atoms with Crippen LogP contribution < -0.4 is 10.1 Å². The van der Waals surface area contributed by atoms with E-state index < -0.39 is 11.6 Å². The Kier molecular flexibility index (Phi) is 6.79. The summed E-state index contributed by atoms with van der Waals surface area (Å²) in [6.45, 7) is 7.18. The Balaban J connectivity index is 1.96. The van der Waals surface area contributed by atoms with Crippen LogP contribution in [0.2, 0.25) is 0 Å². The van der Waals surface area contributed by atoms with E-state index >= 15 is 0 Å². The fourth-order valence-electron chi connectivity index (χ4n) is 2.63. The van der Waals surface area contributed by atoms with Crippen molar-refractivity contribution in [1.29, 1.82) is 0 Å². The number of hydrogen-bond acceptors (Lipinski definition) is 6. The molecule has 1 aromatic rings. The highest BCUT2D eigenvalue weighted by Gasteiger charge is 2.22. The van der Waals surface area contributed by atoms with E-state index in [1.165, 1.54) is 6.07 Å². The summed E-state index contributed by atoms with van der Waals surface area (Å²) < 4.78 is 15.8. The van der Waals surface area contributed by atoms with Crippen molar-refractivity contribution in [3.8, 4) is 5.75 Å². The van der Waals surface area contributed by atoms with Gasteiger partial charge in [-0.25, -0.2) is 10.0 Å². The first-order valence-electron chi connectivity index (χ1n) is 8.71. The normalized spacial score (nSPS) is 15.3. The lowest BCUT2D eigenvalue weighted by molar-refractivity contribution is -0.729. The van der Waals surface area contributed by atoms with E-state index in [1.807, 2.05) is 0 Å². The van der Waals surface area contributed by atoms with Gasteiger partial charge in [-0.1, -0.05) is 0 Å². The molecule has 0 atom stereocenters. The fourth-order valence-corrected chi connectivity index (χ4v) is 2.63. The van der Waals surface area contributed by atoms with Crippen molar-refractivity contribution in [3.05, 3.63) is 23.1 Å². The number of anilines is 1. The molecule has 26 heavy (non-hydrogen) atoms. The van der Waals surface area contributed by atoms with Gasteiger partial charge in [0.05, 0.1) is 11.0 Å². The van der Waals surface area contributed by atoms with Gasteiger partial charge in [-0.3, -0.25) is 0 Å². The lowest BCUT2D eigenvalue weighted by Crippen LogP contribution is -2.27. The minimum atomic E-state index is -0.597. The quantitative estimate of drug-likeness (QED) is 0.565. The SMILES string of the molecule is CC(C)(C)OC(=O)COc1ccc(NCC2CCOCC2)c([N+](=O)O)c1. The van der Waals surface area contributed by atoms with E-state index in [2.05, 4.69) is 5.32 Å². The molecule has 0 aliphatic carbocycles. The molecule has 8 heteroatoms. The highest BCUT2D eigenvalue weighted by Crippen LogP contribution is 2.29. The monoisotopic (exact) mass is 367 g/mol. The van der Waals surface area contributed by atoms with Crippen LogP contribution in [-0.2, 0) is 14.3 Å². The third-order valence-corrected chi connectivity index (χ3v) is 3.87. The first kappa shape index (κ1) is 20.0. The third kappa shape index (κ3) is 6.51. The van der Waals surface area contributed by atoms with Crippen LogP contribution in [0.1, 0.15) is 33.6 Å². The smallest absolute Gasteiger partial charge is 0.344 e. The number of ether oxygens (including phenoxy) is 3. The molecule has 1 heterocycles. The highest BCUT2D eigenvalue weighted by molar-refractivity contribution is 5.72. The molecule has 2 N–H and O–H groups in total. The van der Waals surface area contributed by atoms with Crippen molar-refractivity contribution < 1.29 is 29.1 Å². The molecule has 1 aliphatic rings. The molecule has 2 rings (SSSR count). The van der Waals surface area contributed by atoms with Crippen LogP contribution in [0.5, 0.6) is 5.75 Å². The zero-order valence-corrected chi connectivity index (χ0v) is 15.5. The summed E-state index contributed by atoms with van der Waals surface area (Å²) >= 11 is 0. The Bertz CT molecular complexity index is 635. The molecule has 0 spiro atoms. The number of benzene rings is 1. The lowest BCUT2D eigenvalue weighted by atomic mass is 10.0. The van der Waals surface area contributed by atoms with E-state index in [0.717, 1.165) is 26.1 Å². The number of hydrogen-bond donors (Lipinski definition) is 2. The van der Waals surface area contributed by atoms with Crippen molar-refractivity contribution in [2.45, 2.75) is 39.2 Å². The predicted molar refractivity (Wildman–Crippen MR) is 94.9 cm³/mol. The summed E-state index contributed by atoms with van der Waals surface area (Å²) in [5, 5.41) is 12.5. The Labute approximate surface area is 153 Å². The first-order chi connectivity index (χ1) is 12.2. The molecule has 1 aromatic carbocycles. The van der Waals surface area contributed by atoms with Crippen molar-refractivity contribution in [2.75, 3.05) is 31.7 Å². The van der Waals surface area contributed by atoms with Gasteiger partial charge in [-0.15, -0.1) is 0 Å². The Morgan fingerprint density at radius 2 is 2.04 bits per heavy atom. The minimum absolute atomic E-state index is 0.0266. The second-order valence-electron chi connectivity index (χ2n) is 7.26. The Morgan fingerprint density at radius 1 is 1.35 bits per heavy atom. The maximum atomic E-state index is 11.7. The molecular formula is C18H27N2O6+. The van der Waals surface area contributed by atoms with Crippen molar-refractivity contribution in [2.24, 2.45) is 5.92 Å². The summed E-state index contributed by atoms with van der Waals surface area (Å²) in [5.74, 6) is 0.236. The average molecular weight is 367 g/mol. The molecule has 1 aliphatic heterocycles. The number of rotatable bonds is 7. The first-order valence-corrected chi connectivity index (χ1v) is 8.71.